The maximum Gasteiger partial charge on any atom is 0.302 e. The number of hydrogen-bond donors (Lipinski definition) is 3. The third-order valence-electron chi connectivity index (χ3n) is 4.45. The van der Waals surface area contributed by atoms with E-state index < -0.39 is 21.8 Å². The summed E-state index contributed by atoms with van der Waals surface area (Å²) in [7, 11) is -3.91. The Bertz CT molecular complexity index is 1490. The molecular formula is C21H19N7O6S. The second kappa shape index (κ2) is 9.34. The Balaban J connectivity index is 1.39. The minimum atomic E-state index is -3.91. The molecule has 180 valence electrons. The van der Waals surface area contributed by atoms with Crippen molar-refractivity contribution in [3.63, 3.8) is 0 Å². The second-order valence-electron chi connectivity index (χ2n) is 7.34. The fourth-order valence-corrected chi connectivity index (χ4v) is 3.94. The monoisotopic (exact) mass is 497 g/mol. The number of anilines is 3. The molecule has 2 amide bonds. The van der Waals surface area contributed by atoms with Crippen LogP contribution in [0.15, 0.2) is 56.5 Å². The van der Waals surface area contributed by atoms with E-state index in [-0.39, 0.29) is 28.1 Å². The minimum Gasteiger partial charge on any atom is -0.431 e. The van der Waals surface area contributed by atoms with E-state index in [9.17, 15) is 18.0 Å². The summed E-state index contributed by atoms with van der Waals surface area (Å²) in [5, 5.41) is 8.50. The normalized spacial score (nSPS) is 11.2. The van der Waals surface area contributed by atoms with Crippen LogP contribution < -0.4 is 15.4 Å². The van der Waals surface area contributed by atoms with Gasteiger partial charge in [-0.05, 0) is 45.0 Å². The molecule has 0 fully saturated rings. The molecule has 1 aromatic carbocycles. The number of oxazole rings is 1. The quantitative estimate of drug-likeness (QED) is 0.343. The van der Waals surface area contributed by atoms with Gasteiger partial charge in [-0.25, -0.2) is 18.4 Å². The van der Waals surface area contributed by atoms with Gasteiger partial charge in [0.15, 0.2) is 11.4 Å². The lowest BCUT2D eigenvalue weighted by atomic mass is 10.3. The van der Waals surface area contributed by atoms with Gasteiger partial charge in [-0.15, -0.1) is 0 Å². The van der Waals surface area contributed by atoms with E-state index in [4.69, 9.17) is 8.94 Å². The zero-order valence-electron chi connectivity index (χ0n) is 18.7. The standard InChI is InChI=1S/C21H19N7O6S/c1-11-8-18(23-13(3)22-11)28-35(31,32)15-6-4-14(5-7-15)24-20(30)17-10-33-21(25-17)26-19(29)16-9-12(2)34-27-16/h4-10H,1-3H3,(H,24,30)(H,22,23,28)(H,25,26,29). The van der Waals surface area contributed by atoms with Gasteiger partial charge in [0.25, 0.3) is 21.8 Å². The van der Waals surface area contributed by atoms with Crippen LogP contribution in [0.2, 0.25) is 0 Å². The van der Waals surface area contributed by atoms with Crippen LogP contribution >= 0.6 is 0 Å². The van der Waals surface area contributed by atoms with E-state index in [2.05, 4.69) is 35.5 Å². The molecule has 0 radical (unpaired) electrons. The third kappa shape index (κ3) is 5.67. The minimum absolute atomic E-state index is 0.0288. The van der Waals surface area contributed by atoms with Crippen LogP contribution in [0.3, 0.4) is 0 Å². The van der Waals surface area contributed by atoms with Crippen LogP contribution in [-0.4, -0.2) is 40.3 Å². The van der Waals surface area contributed by atoms with Gasteiger partial charge < -0.3 is 14.3 Å². The molecule has 14 heteroatoms. The average Bonchev–Trinajstić information content (AvgIpc) is 3.42. The molecule has 0 spiro atoms. The molecule has 13 nitrogen and oxygen atoms in total. The van der Waals surface area contributed by atoms with Crippen molar-refractivity contribution < 1.29 is 26.9 Å². The van der Waals surface area contributed by atoms with E-state index in [1.165, 1.54) is 36.4 Å². The van der Waals surface area contributed by atoms with Crippen LogP contribution in [-0.2, 0) is 10.0 Å². The van der Waals surface area contributed by atoms with Crippen molar-refractivity contribution >= 4 is 39.4 Å². The number of rotatable bonds is 7. The zero-order chi connectivity index (χ0) is 25.2. The molecule has 3 N–H and O–H groups in total. The highest BCUT2D eigenvalue weighted by Crippen LogP contribution is 2.19. The van der Waals surface area contributed by atoms with Crippen molar-refractivity contribution in [1.82, 2.24) is 20.1 Å². The highest BCUT2D eigenvalue weighted by Gasteiger charge is 2.18. The van der Waals surface area contributed by atoms with E-state index in [1.807, 2.05) is 0 Å². The molecule has 0 aliphatic carbocycles. The maximum atomic E-state index is 12.6. The maximum absolute atomic E-state index is 12.6. The molecule has 4 aromatic rings. The predicted octanol–water partition coefficient (Wildman–Crippen LogP) is 2.68. The van der Waals surface area contributed by atoms with Crippen molar-refractivity contribution in [2.45, 2.75) is 25.7 Å². The summed E-state index contributed by atoms with van der Waals surface area (Å²) in [6, 6.07) is 8.22. The van der Waals surface area contributed by atoms with Crippen LogP contribution in [0, 0.1) is 20.8 Å². The van der Waals surface area contributed by atoms with Crippen molar-refractivity contribution in [3.05, 3.63) is 71.3 Å². The summed E-state index contributed by atoms with van der Waals surface area (Å²) in [6.45, 7) is 5.02. The third-order valence-corrected chi connectivity index (χ3v) is 5.82. The fraction of sp³-hybridized carbons (Fsp3) is 0.143. The topological polar surface area (TPSA) is 182 Å². The van der Waals surface area contributed by atoms with Gasteiger partial charge >= 0.3 is 6.01 Å². The van der Waals surface area contributed by atoms with Gasteiger partial charge in [0.2, 0.25) is 0 Å². The number of aryl methyl sites for hydroxylation is 3. The number of sulfonamides is 1. The van der Waals surface area contributed by atoms with Gasteiger partial charge in [0.05, 0.1) is 4.90 Å². The molecule has 0 bridgehead atoms. The van der Waals surface area contributed by atoms with E-state index >= 15 is 0 Å². The van der Waals surface area contributed by atoms with E-state index in [0.29, 0.717) is 23.0 Å². The summed E-state index contributed by atoms with van der Waals surface area (Å²) in [4.78, 5) is 36.6. The molecule has 0 atom stereocenters. The smallest absolute Gasteiger partial charge is 0.302 e. The molecule has 35 heavy (non-hydrogen) atoms. The largest absolute Gasteiger partial charge is 0.431 e. The molecule has 0 saturated carbocycles. The van der Waals surface area contributed by atoms with Crippen LogP contribution in [0.1, 0.15) is 38.3 Å². The Morgan fingerprint density at radius 1 is 0.886 bits per heavy atom. The first-order chi connectivity index (χ1) is 16.6. The summed E-state index contributed by atoms with van der Waals surface area (Å²) < 4.78 is 37.6. The number of hydrogen-bond acceptors (Lipinski definition) is 10. The van der Waals surface area contributed by atoms with Crippen LogP contribution in [0.5, 0.6) is 0 Å². The van der Waals surface area contributed by atoms with Gasteiger partial charge in [0.1, 0.15) is 23.7 Å². The lowest BCUT2D eigenvalue weighted by Crippen LogP contribution is -2.16. The van der Waals surface area contributed by atoms with Crippen molar-refractivity contribution in [1.29, 1.82) is 0 Å². The predicted molar refractivity (Wildman–Crippen MR) is 122 cm³/mol. The van der Waals surface area contributed by atoms with Crippen LogP contribution in [0.25, 0.3) is 0 Å². The number of carbonyl (C=O) groups excluding carboxylic acids is 2. The van der Waals surface area contributed by atoms with Crippen LogP contribution in [0.4, 0.5) is 17.5 Å². The van der Waals surface area contributed by atoms with Gasteiger partial charge in [0, 0.05) is 23.5 Å². The van der Waals surface area contributed by atoms with Crippen molar-refractivity contribution in [3.8, 4) is 0 Å². The number of aromatic nitrogens is 4. The number of amides is 2. The molecule has 0 aliphatic heterocycles. The molecule has 0 unspecified atom stereocenters. The molecule has 3 aromatic heterocycles. The first-order valence-corrected chi connectivity index (χ1v) is 11.5. The molecule has 0 aliphatic rings. The summed E-state index contributed by atoms with van der Waals surface area (Å²) >= 11 is 0. The van der Waals surface area contributed by atoms with Gasteiger partial charge in [-0.2, -0.15) is 4.98 Å². The zero-order valence-corrected chi connectivity index (χ0v) is 19.5. The van der Waals surface area contributed by atoms with E-state index in [0.717, 1.165) is 6.26 Å². The number of carbonyl (C=O) groups is 2. The molecule has 4 rings (SSSR count). The molecular weight excluding hydrogens is 478 g/mol. The Hall–Kier alpha value is -4.59. The van der Waals surface area contributed by atoms with E-state index in [1.54, 1.807) is 20.8 Å². The lowest BCUT2D eigenvalue weighted by molar-refractivity contribution is 0.100. The highest BCUT2D eigenvalue weighted by molar-refractivity contribution is 7.92. The number of nitrogens with one attached hydrogen (secondary N) is 3. The highest BCUT2D eigenvalue weighted by atomic mass is 32.2. The SMILES string of the molecule is Cc1cc(NS(=O)(=O)c2ccc(NC(=O)c3coc(NC(=O)c4cc(C)on4)n3)cc2)nc(C)n1. The molecule has 0 saturated heterocycles. The fourth-order valence-electron chi connectivity index (χ4n) is 2.95. The van der Waals surface area contributed by atoms with Gasteiger partial charge in [-0.1, -0.05) is 5.16 Å². The average molecular weight is 497 g/mol. The van der Waals surface area contributed by atoms with Crippen molar-refractivity contribution in [2.24, 2.45) is 0 Å². The van der Waals surface area contributed by atoms with Gasteiger partial charge in [-0.3, -0.25) is 19.6 Å². The second-order valence-corrected chi connectivity index (χ2v) is 9.02. The Labute approximate surface area is 199 Å². The summed E-state index contributed by atoms with van der Waals surface area (Å²) in [5.41, 5.74) is 0.858. The van der Waals surface area contributed by atoms with Crippen molar-refractivity contribution in [2.75, 3.05) is 15.4 Å². The summed E-state index contributed by atoms with van der Waals surface area (Å²) in [6.07, 6.45) is 1.06. The molecule has 3 heterocycles. The lowest BCUT2D eigenvalue weighted by Gasteiger charge is -2.09. The first kappa shape index (κ1) is 23.6. The Kier molecular flexibility index (Phi) is 6.29. The summed E-state index contributed by atoms with van der Waals surface area (Å²) in [5.74, 6) is -0.207. The first-order valence-electron chi connectivity index (χ1n) is 10.1. The Morgan fingerprint density at radius 3 is 2.26 bits per heavy atom. The number of benzene rings is 1. The number of nitrogens with zero attached hydrogens (tertiary/aromatic N) is 4. The Morgan fingerprint density at radius 2 is 1.60 bits per heavy atom.